The first-order valence-corrected chi connectivity index (χ1v) is 10.5. The van der Waals surface area contributed by atoms with Gasteiger partial charge in [0.05, 0.1) is 6.61 Å². The van der Waals surface area contributed by atoms with Crippen LogP contribution in [0.3, 0.4) is 0 Å². The highest BCUT2D eigenvalue weighted by molar-refractivity contribution is 14.0. The number of guanidine groups is 1. The number of rotatable bonds is 7. The molecule has 1 saturated heterocycles. The molecule has 3 N–H and O–H groups in total. The number of nitrogens with one attached hydrogen (secondary N) is 2. The van der Waals surface area contributed by atoms with E-state index in [2.05, 4.69) is 21.7 Å². The zero-order valence-corrected chi connectivity index (χ0v) is 20.4. The van der Waals surface area contributed by atoms with Crippen molar-refractivity contribution in [2.75, 3.05) is 40.0 Å². The van der Waals surface area contributed by atoms with Gasteiger partial charge in [0.2, 0.25) is 0 Å². The van der Waals surface area contributed by atoms with Crippen molar-refractivity contribution >= 4 is 41.5 Å². The number of aliphatic imine (C=N–C) groups is 1. The lowest BCUT2D eigenvalue weighted by atomic mass is 9.74. The van der Waals surface area contributed by atoms with Gasteiger partial charge in [-0.15, -0.1) is 24.0 Å². The largest absolute Gasteiger partial charge is 0.396 e. The van der Waals surface area contributed by atoms with Crippen LogP contribution in [0.5, 0.6) is 0 Å². The van der Waals surface area contributed by atoms with E-state index in [1.807, 2.05) is 48.5 Å². The van der Waals surface area contributed by atoms with Gasteiger partial charge < -0.3 is 20.5 Å². The van der Waals surface area contributed by atoms with Crippen LogP contribution < -0.4 is 10.6 Å². The number of hydrogen-bond acceptors (Lipinski definition) is 3. The van der Waals surface area contributed by atoms with Crippen LogP contribution in [0.1, 0.15) is 29.9 Å². The SMILES string of the molecule is CN=C(NCC(CO)c1ccccc1)NCC1(c2ccccc2Cl)CCOCC1.I. The van der Waals surface area contributed by atoms with E-state index in [9.17, 15) is 5.11 Å². The van der Waals surface area contributed by atoms with Crippen LogP contribution in [-0.4, -0.2) is 51.0 Å². The van der Waals surface area contributed by atoms with Gasteiger partial charge in [-0.2, -0.15) is 0 Å². The highest BCUT2D eigenvalue weighted by Crippen LogP contribution is 2.38. The number of ether oxygens (including phenoxy) is 1. The second kappa shape index (κ2) is 12.5. The molecule has 1 aliphatic rings. The fourth-order valence-electron chi connectivity index (χ4n) is 3.90. The minimum absolute atomic E-state index is 0. The van der Waals surface area contributed by atoms with E-state index in [0.717, 1.165) is 54.7 Å². The minimum Gasteiger partial charge on any atom is -0.396 e. The lowest BCUT2D eigenvalue weighted by molar-refractivity contribution is 0.0514. The standard InChI is InChI=1S/C23H30ClN3O2.HI/c1-25-22(26-15-19(16-28)18-7-3-2-4-8-18)27-17-23(11-13-29-14-12-23)20-9-5-6-10-21(20)24;/h2-10,19,28H,11-17H2,1H3,(H2,25,26,27);1H. The highest BCUT2D eigenvalue weighted by atomic mass is 127. The molecule has 2 aromatic carbocycles. The Morgan fingerprint density at radius 1 is 1.10 bits per heavy atom. The van der Waals surface area contributed by atoms with E-state index in [-0.39, 0.29) is 41.9 Å². The smallest absolute Gasteiger partial charge is 0.191 e. The van der Waals surface area contributed by atoms with Gasteiger partial charge in [0.15, 0.2) is 5.96 Å². The summed E-state index contributed by atoms with van der Waals surface area (Å²) in [6.45, 7) is 2.84. The molecule has 0 radical (unpaired) electrons. The first-order valence-electron chi connectivity index (χ1n) is 10.1. The summed E-state index contributed by atoms with van der Waals surface area (Å²) in [5.41, 5.74) is 2.17. The van der Waals surface area contributed by atoms with Crippen LogP contribution in [0.4, 0.5) is 0 Å². The molecule has 164 valence electrons. The number of halogens is 2. The fourth-order valence-corrected chi connectivity index (χ4v) is 4.24. The number of aliphatic hydroxyl groups is 1. The van der Waals surface area contributed by atoms with E-state index in [0.29, 0.717) is 6.54 Å². The Kier molecular flexibility index (Phi) is 10.4. The van der Waals surface area contributed by atoms with Gasteiger partial charge in [0, 0.05) is 49.7 Å². The molecule has 1 fully saturated rings. The van der Waals surface area contributed by atoms with Gasteiger partial charge in [-0.3, -0.25) is 4.99 Å². The molecule has 0 amide bonds. The van der Waals surface area contributed by atoms with E-state index in [1.165, 1.54) is 0 Å². The maximum atomic E-state index is 9.79. The number of aliphatic hydroxyl groups excluding tert-OH is 1. The van der Waals surface area contributed by atoms with Crippen LogP contribution in [0, 0.1) is 0 Å². The molecular weight excluding hydrogens is 513 g/mol. The quantitative estimate of drug-likeness (QED) is 0.281. The number of nitrogens with zero attached hydrogens (tertiary/aromatic N) is 1. The average molecular weight is 544 g/mol. The molecule has 1 aliphatic heterocycles. The van der Waals surface area contributed by atoms with Crippen molar-refractivity contribution in [1.29, 1.82) is 0 Å². The summed E-state index contributed by atoms with van der Waals surface area (Å²) in [7, 11) is 1.76. The van der Waals surface area contributed by atoms with Gasteiger partial charge in [0.25, 0.3) is 0 Å². The molecule has 2 aromatic rings. The van der Waals surface area contributed by atoms with Crippen LogP contribution in [0.15, 0.2) is 59.6 Å². The van der Waals surface area contributed by atoms with Gasteiger partial charge in [-0.05, 0) is 30.0 Å². The lowest BCUT2D eigenvalue weighted by Crippen LogP contribution is -2.48. The lowest BCUT2D eigenvalue weighted by Gasteiger charge is -2.38. The van der Waals surface area contributed by atoms with Crippen molar-refractivity contribution in [2.24, 2.45) is 4.99 Å². The summed E-state index contributed by atoms with van der Waals surface area (Å²) >= 11 is 6.54. The molecule has 0 aromatic heterocycles. The van der Waals surface area contributed by atoms with Crippen LogP contribution in [-0.2, 0) is 10.2 Å². The van der Waals surface area contributed by atoms with Gasteiger partial charge in [-0.25, -0.2) is 0 Å². The second-order valence-electron chi connectivity index (χ2n) is 7.47. The summed E-state index contributed by atoms with van der Waals surface area (Å²) in [5.74, 6) is 0.729. The zero-order valence-electron chi connectivity index (χ0n) is 17.3. The zero-order chi connectivity index (χ0) is 20.5. The molecule has 5 nitrogen and oxygen atoms in total. The van der Waals surface area contributed by atoms with E-state index < -0.39 is 0 Å². The highest BCUT2D eigenvalue weighted by Gasteiger charge is 2.36. The van der Waals surface area contributed by atoms with Gasteiger partial charge in [-0.1, -0.05) is 60.1 Å². The van der Waals surface area contributed by atoms with Crippen LogP contribution in [0.2, 0.25) is 5.02 Å². The number of hydrogen-bond donors (Lipinski definition) is 3. The van der Waals surface area contributed by atoms with Crippen molar-refractivity contribution < 1.29 is 9.84 Å². The molecule has 1 unspecified atom stereocenters. The molecule has 0 bridgehead atoms. The third kappa shape index (κ3) is 6.33. The van der Waals surface area contributed by atoms with Gasteiger partial charge >= 0.3 is 0 Å². The molecule has 1 atom stereocenters. The second-order valence-corrected chi connectivity index (χ2v) is 7.88. The average Bonchev–Trinajstić information content (AvgIpc) is 2.78. The van der Waals surface area contributed by atoms with Gasteiger partial charge in [0.1, 0.15) is 0 Å². The summed E-state index contributed by atoms with van der Waals surface area (Å²) in [6, 6.07) is 18.1. The third-order valence-corrected chi connectivity index (χ3v) is 6.05. The monoisotopic (exact) mass is 543 g/mol. The van der Waals surface area contributed by atoms with E-state index >= 15 is 0 Å². The minimum atomic E-state index is -0.0932. The van der Waals surface area contributed by atoms with E-state index in [4.69, 9.17) is 16.3 Å². The first-order chi connectivity index (χ1) is 14.2. The van der Waals surface area contributed by atoms with Crippen molar-refractivity contribution in [3.05, 3.63) is 70.7 Å². The summed E-state index contributed by atoms with van der Waals surface area (Å²) in [4.78, 5) is 4.37. The Balaban J connectivity index is 0.00000320. The topological polar surface area (TPSA) is 65.9 Å². The molecule has 3 rings (SSSR count). The Morgan fingerprint density at radius 3 is 2.40 bits per heavy atom. The summed E-state index contributed by atoms with van der Waals surface area (Å²) in [6.07, 6.45) is 1.81. The maximum Gasteiger partial charge on any atom is 0.191 e. The normalized spacial score (nSPS) is 17.0. The molecule has 1 heterocycles. The van der Waals surface area contributed by atoms with Crippen molar-refractivity contribution in [2.45, 2.75) is 24.2 Å². The molecule has 0 saturated carbocycles. The molecule has 0 aliphatic carbocycles. The Bertz CT molecular complexity index is 798. The van der Waals surface area contributed by atoms with Crippen LogP contribution in [0.25, 0.3) is 0 Å². The summed E-state index contributed by atoms with van der Waals surface area (Å²) < 4.78 is 5.62. The molecule has 7 heteroatoms. The molecule has 0 spiro atoms. The first kappa shape index (κ1) is 24.9. The summed E-state index contributed by atoms with van der Waals surface area (Å²) in [5, 5.41) is 17.4. The Labute approximate surface area is 201 Å². The predicted molar refractivity (Wildman–Crippen MR) is 134 cm³/mol. The Hall–Kier alpha value is -1.35. The molecular formula is C23H31ClIN3O2. The number of benzene rings is 2. The van der Waals surface area contributed by atoms with Crippen LogP contribution >= 0.6 is 35.6 Å². The van der Waals surface area contributed by atoms with Crippen molar-refractivity contribution in [3.63, 3.8) is 0 Å². The molecule has 30 heavy (non-hydrogen) atoms. The van der Waals surface area contributed by atoms with E-state index in [1.54, 1.807) is 7.05 Å². The Morgan fingerprint density at radius 2 is 1.77 bits per heavy atom. The van der Waals surface area contributed by atoms with Crippen molar-refractivity contribution in [1.82, 2.24) is 10.6 Å². The fraction of sp³-hybridized carbons (Fsp3) is 0.435. The third-order valence-electron chi connectivity index (χ3n) is 5.72. The maximum absolute atomic E-state index is 9.79. The van der Waals surface area contributed by atoms with Crippen molar-refractivity contribution in [3.8, 4) is 0 Å². The predicted octanol–water partition coefficient (Wildman–Crippen LogP) is 3.95.